The number of aliphatic carboxylic acids is 1. The fourth-order valence-corrected chi connectivity index (χ4v) is 12.8. The molecule has 0 amide bonds. The number of carbonyl (C=O) groups excluding carboxylic acids is 1. The lowest BCUT2D eigenvalue weighted by Crippen LogP contribution is -2.57. The van der Waals surface area contributed by atoms with E-state index >= 15 is 0 Å². The molecule has 10 nitrogen and oxygen atoms in total. The van der Waals surface area contributed by atoms with Crippen LogP contribution >= 0.6 is 0 Å². The van der Waals surface area contributed by atoms with Gasteiger partial charge in [-0.2, -0.15) is 0 Å². The molecule has 3 N–H and O–H groups in total. The largest absolute Gasteiger partial charge is 0.481 e. The molecule has 10 heteroatoms. The second kappa shape index (κ2) is 13.8. The van der Waals surface area contributed by atoms with Crippen molar-refractivity contribution in [1.82, 2.24) is 4.90 Å². The van der Waals surface area contributed by atoms with Gasteiger partial charge in [0.1, 0.15) is 0 Å². The maximum Gasteiger partial charge on any atom is 0.304 e. The number of esters is 1. The van der Waals surface area contributed by atoms with Crippen molar-refractivity contribution in [2.24, 2.45) is 45.3 Å². The van der Waals surface area contributed by atoms with Gasteiger partial charge in [0.15, 0.2) is 12.4 Å². The molecule has 6 aliphatic rings. The lowest BCUT2D eigenvalue weighted by molar-refractivity contribution is -0.245. The van der Waals surface area contributed by atoms with Crippen LogP contribution in [0.2, 0.25) is 0 Å². The molecule has 2 aliphatic heterocycles. The van der Waals surface area contributed by atoms with Crippen LogP contribution in [0.5, 0.6) is 0 Å². The molecular formula is C40H67NO9. The van der Waals surface area contributed by atoms with Gasteiger partial charge in [-0.3, -0.25) is 14.5 Å². The van der Waals surface area contributed by atoms with E-state index in [1.807, 2.05) is 0 Å². The smallest absolute Gasteiger partial charge is 0.304 e. The second-order valence-corrected chi connectivity index (χ2v) is 18.9. The van der Waals surface area contributed by atoms with Gasteiger partial charge in [-0.25, -0.2) is 0 Å². The summed E-state index contributed by atoms with van der Waals surface area (Å²) >= 11 is 0. The van der Waals surface area contributed by atoms with E-state index < -0.39 is 35.9 Å². The topological polar surface area (TPSA) is 135 Å². The van der Waals surface area contributed by atoms with E-state index in [1.54, 1.807) is 13.8 Å². The van der Waals surface area contributed by atoms with Crippen molar-refractivity contribution in [3.63, 3.8) is 0 Å². The summed E-state index contributed by atoms with van der Waals surface area (Å²) in [5.41, 5.74) is -1.18. The van der Waals surface area contributed by atoms with Crippen LogP contribution in [-0.4, -0.2) is 101 Å². The van der Waals surface area contributed by atoms with Crippen LogP contribution < -0.4 is 0 Å². The quantitative estimate of drug-likeness (QED) is 0.214. The van der Waals surface area contributed by atoms with E-state index in [4.69, 9.17) is 18.9 Å². The average molecular weight is 706 g/mol. The summed E-state index contributed by atoms with van der Waals surface area (Å²) in [5, 5.41) is 32.6. The van der Waals surface area contributed by atoms with Crippen LogP contribution in [0.1, 0.15) is 126 Å². The van der Waals surface area contributed by atoms with Crippen molar-refractivity contribution in [2.75, 3.05) is 26.2 Å². The van der Waals surface area contributed by atoms with E-state index in [0.29, 0.717) is 38.0 Å². The summed E-state index contributed by atoms with van der Waals surface area (Å²) < 4.78 is 25.3. The standard InChI is InChI=1S/C40H67NO9/c1-9-10-15-39-23-40(39)16-13-30(50-32-22-41(18-19-47-32)17-14-31(43)44)36(4,5)28(40)11-12-29(39)38(8)21-26-24(2)20-27(49-33(26)34(38)45)35(37(6,7)46)48-25(3)42/h24,26-30,32-35,45-46H,9-23H2,1-8H3,(H,43,44). The van der Waals surface area contributed by atoms with Crippen LogP contribution in [0, 0.1) is 45.3 Å². The Labute approximate surface area is 300 Å². The Bertz CT molecular complexity index is 1250. The Balaban J connectivity index is 1.21. The molecule has 0 aromatic rings. The first-order valence-electron chi connectivity index (χ1n) is 19.8. The molecule has 0 radical (unpaired) electrons. The first-order valence-corrected chi connectivity index (χ1v) is 19.8. The van der Waals surface area contributed by atoms with E-state index in [2.05, 4.69) is 39.5 Å². The summed E-state index contributed by atoms with van der Waals surface area (Å²) in [6, 6.07) is 0. The number of carboxylic acids is 1. The second-order valence-electron chi connectivity index (χ2n) is 18.9. The van der Waals surface area contributed by atoms with Crippen molar-refractivity contribution in [3.8, 4) is 0 Å². The van der Waals surface area contributed by atoms with Gasteiger partial charge in [-0.05, 0) is 111 Å². The molecule has 2 heterocycles. The van der Waals surface area contributed by atoms with Crippen LogP contribution in [0.15, 0.2) is 0 Å². The Morgan fingerprint density at radius 1 is 1.12 bits per heavy atom. The number of unbranched alkanes of at least 4 members (excludes halogenated alkanes) is 1. The monoisotopic (exact) mass is 705 g/mol. The fraction of sp³-hybridized carbons (Fsp3) is 0.950. The summed E-state index contributed by atoms with van der Waals surface area (Å²) in [6.45, 7) is 18.8. The molecule has 0 aromatic carbocycles. The van der Waals surface area contributed by atoms with Crippen molar-refractivity contribution in [1.29, 1.82) is 0 Å². The Morgan fingerprint density at radius 2 is 1.84 bits per heavy atom. The maximum atomic E-state index is 12.4. The first kappa shape index (κ1) is 38.4. The molecule has 13 unspecified atom stereocenters. The minimum Gasteiger partial charge on any atom is -0.481 e. The van der Waals surface area contributed by atoms with Crippen molar-refractivity contribution in [2.45, 2.75) is 168 Å². The minimum absolute atomic E-state index is 0.0409. The lowest BCUT2D eigenvalue weighted by Gasteiger charge is -2.58. The van der Waals surface area contributed by atoms with Crippen LogP contribution in [0.3, 0.4) is 0 Å². The Kier molecular flexibility index (Phi) is 10.6. The van der Waals surface area contributed by atoms with E-state index in [9.17, 15) is 24.9 Å². The molecule has 0 bridgehead atoms. The number of carbonyl (C=O) groups is 2. The maximum absolute atomic E-state index is 12.4. The zero-order valence-electron chi connectivity index (χ0n) is 32.1. The lowest BCUT2D eigenvalue weighted by atomic mass is 9.48. The van der Waals surface area contributed by atoms with Crippen molar-refractivity contribution in [3.05, 3.63) is 0 Å². The molecule has 286 valence electrons. The molecule has 4 aliphatic carbocycles. The summed E-state index contributed by atoms with van der Waals surface area (Å²) in [5.74, 6) is 0.181. The minimum atomic E-state index is -1.27. The Morgan fingerprint density at radius 3 is 2.50 bits per heavy atom. The normalized spacial score (nSPS) is 44.8. The third kappa shape index (κ3) is 6.59. The number of morpholine rings is 1. The van der Waals surface area contributed by atoms with Gasteiger partial charge >= 0.3 is 11.9 Å². The highest BCUT2D eigenvalue weighted by Crippen LogP contribution is 2.85. The number of aliphatic hydroxyl groups excluding tert-OH is 1. The van der Waals surface area contributed by atoms with Gasteiger partial charge < -0.3 is 34.3 Å². The zero-order chi connectivity index (χ0) is 36.4. The summed E-state index contributed by atoms with van der Waals surface area (Å²) in [4.78, 5) is 25.4. The third-order valence-corrected chi connectivity index (χ3v) is 15.1. The number of aliphatic hydroxyl groups is 2. The van der Waals surface area contributed by atoms with E-state index in [-0.39, 0.29) is 58.4 Å². The molecule has 4 saturated carbocycles. The van der Waals surface area contributed by atoms with Gasteiger partial charge in [0.25, 0.3) is 0 Å². The van der Waals surface area contributed by atoms with Gasteiger partial charge in [0.05, 0.1) is 43.0 Å². The average Bonchev–Trinajstić information content (AvgIpc) is 3.63. The van der Waals surface area contributed by atoms with Crippen LogP contribution in [0.4, 0.5) is 0 Å². The molecule has 13 atom stereocenters. The third-order valence-electron chi connectivity index (χ3n) is 15.1. The number of hydrogen-bond acceptors (Lipinski definition) is 9. The highest BCUT2D eigenvalue weighted by molar-refractivity contribution is 5.67. The number of fused-ring (bicyclic) bond motifs is 1. The van der Waals surface area contributed by atoms with Gasteiger partial charge in [0.2, 0.25) is 0 Å². The van der Waals surface area contributed by atoms with E-state index in [0.717, 1.165) is 45.1 Å². The van der Waals surface area contributed by atoms with Gasteiger partial charge in [-0.15, -0.1) is 0 Å². The molecule has 2 saturated heterocycles. The van der Waals surface area contributed by atoms with E-state index in [1.165, 1.54) is 26.2 Å². The van der Waals surface area contributed by atoms with Crippen molar-refractivity contribution < 1.29 is 43.9 Å². The molecule has 50 heavy (non-hydrogen) atoms. The number of hydrogen-bond donors (Lipinski definition) is 3. The number of ether oxygens (including phenoxy) is 4. The first-order chi connectivity index (χ1) is 23.4. The van der Waals surface area contributed by atoms with Gasteiger partial charge in [0, 0.05) is 26.6 Å². The Hall–Kier alpha value is -1.30. The molecule has 1 spiro atoms. The van der Waals surface area contributed by atoms with Gasteiger partial charge in [-0.1, -0.05) is 47.5 Å². The van der Waals surface area contributed by atoms with Crippen LogP contribution in [0.25, 0.3) is 0 Å². The zero-order valence-corrected chi connectivity index (χ0v) is 32.1. The number of nitrogens with zero attached hydrogens (tertiary/aromatic N) is 1. The highest BCUT2D eigenvalue weighted by Gasteiger charge is 2.80. The molecule has 6 fully saturated rings. The highest BCUT2D eigenvalue weighted by atomic mass is 16.7. The molecular weight excluding hydrogens is 638 g/mol. The summed E-state index contributed by atoms with van der Waals surface area (Å²) in [7, 11) is 0. The number of carboxylic acid groups (broad SMARTS) is 1. The predicted octanol–water partition coefficient (Wildman–Crippen LogP) is 5.80. The van der Waals surface area contributed by atoms with Crippen molar-refractivity contribution >= 4 is 11.9 Å². The predicted molar refractivity (Wildman–Crippen MR) is 188 cm³/mol. The molecule has 0 aromatic heterocycles. The number of rotatable bonds is 12. The fourth-order valence-electron chi connectivity index (χ4n) is 12.8. The molecule has 6 rings (SSSR count). The summed E-state index contributed by atoms with van der Waals surface area (Å²) in [6.07, 6.45) is 8.30. The SMILES string of the molecule is CCCCC12CC13CCC(OC1CN(CCC(=O)O)CCO1)C(C)(C)C3CCC2C1(C)CC2C(C)CC(C(OC(C)=O)C(C)(C)O)OC2C1O. The van der Waals surface area contributed by atoms with Crippen LogP contribution in [-0.2, 0) is 28.5 Å².